The van der Waals surface area contributed by atoms with Crippen molar-refractivity contribution < 1.29 is 14.3 Å². The van der Waals surface area contributed by atoms with E-state index in [1.807, 2.05) is 24.3 Å². The predicted molar refractivity (Wildman–Crippen MR) is 78.1 cm³/mol. The molecule has 0 saturated carbocycles. The highest BCUT2D eigenvalue weighted by molar-refractivity contribution is 5.95. The van der Waals surface area contributed by atoms with Crippen LogP contribution in [0.3, 0.4) is 0 Å². The number of nitrogens with one attached hydrogen (secondary N) is 2. The van der Waals surface area contributed by atoms with E-state index in [0.29, 0.717) is 13.0 Å². The molecular weight excluding hydrogens is 256 g/mol. The molecule has 1 fully saturated rings. The summed E-state index contributed by atoms with van der Waals surface area (Å²) in [6, 6.07) is 7.25. The summed E-state index contributed by atoms with van der Waals surface area (Å²) in [6.07, 6.45) is 1.81. The maximum atomic E-state index is 12.1. The van der Waals surface area contributed by atoms with Gasteiger partial charge >= 0.3 is 0 Å². The van der Waals surface area contributed by atoms with Crippen LogP contribution in [-0.2, 0) is 9.53 Å². The Morgan fingerprint density at radius 2 is 2.15 bits per heavy atom. The quantitative estimate of drug-likeness (QED) is 0.833. The molecule has 1 aromatic carbocycles. The van der Waals surface area contributed by atoms with Crippen LogP contribution in [0.25, 0.3) is 0 Å². The first-order valence-electron chi connectivity index (χ1n) is 7.02. The van der Waals surface area contributed by atoms with Gasteiger partial charge in [-0.05, 0) is 37.1 Å². The molecule has 1 heterocycles. The van der Waals surface area contributed by atoms with Crippen molar-refractivity contribution >= 4 is 11.6 Å². The van der Waals surface area contributed by atoms with Crippen LogP contribution in [0.1, 0.15) is 19.8 Å². The highest BCUT2D eigenvalue weighted by Gasteiger charge is 2.29. The average Bonchev–Trinajstić information content (AvgIpc) is 2.95. The Morgan fingerprint density at radius 3 is 2.75 bits per heavy atom. The van der Waals surface area contributed by atoms with Gasteiger partial charge in [0, 0.05) is 19.3 Å². The Kier molecular flexibility index (Phi) is 5.38. The summed E-state index contributed by atoms with van der Waals surface area (Å²) < 4.78 is 10.7. The molecular formula is C15H22N2O3. The summed E-state index contributed by atoms with van der Waals surface area (Å²) in [5.74, 6) is 0.801. The zero-order valence-electron chi connectivity index (χ0n) is 12.0. The molecule has 110 valence electrons. The summed E-state index contributed by atoms with van der Waals surface area (Å²) in [4.78, 5) is 12.1. The Hall–Kier alpha value is -1.59. The van der Waals surface area contributed by atoms with E-state index >= 15 is 0 Å². The van der Waals surface area contributed by atoms with Crippen LogP contribution in [0.2, 0.25) is 0 Å². The van der Waals surface area contributed by atoms with Crippen molar-refractivity contribution in [3.8, 4) is 5.75 Å². The summed E-state index contributed by atoms with van der Waals surface area (Å²) in [5, 5.41) is 6.05. The van der Waals surface area contributed by atoms with Crippen LogP contribution in [-0.4, -0.2) is 38.3 Å². The van der Waals surface area contributed by atoms with Gasteiger partial charge < -0.3 is 20.1 Å². The SMILES string of the molecule is CCCOc1ccc(NC(=O)C2CC(OC)CN2)cc1. The van der Waals surface area contributed by atoms with Gasteiger partial charge in [0.2, 0.25) is 5.91 Å². The number of benzene rings is 1. The van der Waals surface area contributed by atoms with E-state index in [9.17, 15) is 4.79 Å². The number of anilines is 1. The summed E-state index contributed by atoms with van der Waals surface area (Å²) in [7, 11) is 1.67. The van der Waals surface area contributed by atoms with Crippen molar-refractivity contribution in [1.82, 2.24) is 5.32 Å². The second-order valence-electron chi connectivity index (χ2n) is 4.92. The number of methoxy groups -OCH3 is 1. The van der Waals surface area contributed by atoms with Crippen LogP contribution in [0.5, 0.6) is 5.75 Å². The van der Waals surface area contributed by atoms with Crippen molar-refractivity contribution in [2.75, 3.05) is 25.6 Å². The number of hydrogen-bond donors (Lipinski definition) is 2. The molecule has 2 atom stereocenters. The van der Waals surface area contributed by atoms with Crippen LogP contribution in [0.4, 0.5) is 5.69 Å². The first-order chi connectivity index (χ1) is 9.72. The van der Waals surface area contributed by atoms with E-state index in [2.05, 4.69) is 17.6 Å². The van der Waals surface area contributed by atoms with Gasteiger partial charge in [-0.3, -0.25) is 4.79 Å². The zero-order chi connectivity index (χ0) is 14.4. The number of carbonyl (C=O) groups is 1. The van der Waals surface area contributed by atoms with Crippen LogP contribution >= 0.6 is 0 Å². The van der Waals surface area contributed by atoms with Crippen LogP contribution < -0.4 is 15.4 Å². The minimum absolute atomic E-state index is 0.0215. The molecule has 0 spiro atoms. The lowest BCUT2D eigenvalue weighted by Crippen LogP contribution is -2.35. The largest absolute Gasteiger partial charge is 0.494 e. The van der Waals surface area contributed by atoms with Gasteiger partial charge in [-0.1, -0.05) is 6.92 Å². The molecule has 5 heteroatoms. The number of ether oxygens (including phenoxy) is 2. The van der Waals surface area contributed by atoms with E-state index in [4.69, 9.17) is 9.47 Å². The summed E-state index contributed by atoms with van der Waals surface area (Å²) in [5.41, 5.74) is 0.779. The molecule has 1 amide bonds. The predicted octanol–water partition coefficient (Wildman–Crippen LogP) is 1.79. The van der Waals surface area contributed by atoms with E-state index in [0.717, 1.165) is 24.4 Å². The Labute approximate surface area is 119 Å². The fourth-order valence-electron chi connectivity index (χ4n) is 2.17. The smallest absolute Gasteiger partial charge is 0.241 e. The number of carbonyl (C=O) groups excluding carboxylic acids is 1. The van der Waals surface area contributed by atoms with E-state index in [1.165, 1.54) is 0 Å². The zero-order valence-corrected chi connectivity index (χ0v) is 12.0. The average molecular weight is 278 g/mol. The standard InChI is InChI=1S/C15H22N2O3/c1-3-8-20-12-6-4-11(5-7-12)17-15(18)14-9-13(19-2)10-16-14/h4-7,13-14,16H,3,8-10H2,1-2H3,(H,17,18). The van der Waals surface area contributed by atoms with E-state index in [1.54, 1.807) is 7.11 Å². The first kappa shape index (κ1) is 14.8. The molecule has 2 rings (SSSR count). The molecule has 0 bridgehead atoms. The number of hydrogen-bond acceptors (Lipinski definition) is 4. The molecule has 1 aromatic rings. The van der Waals surface area contributed by atoms with Gasteiger partial charge in [-0.25, -0.2) is 0 Å². The Morgan fingerprint density at radius 1 is 1.40 bits per heavy atom. The molecule has 0 aromatic heterocycles. The molecule has 1 aliphatic rings. The van der Waals surface area contributed by atoms with E-state index in [-0.39, 0.29) is 18.1 Å². The van der Waals surface area contributed by atoms with Crippen molar-refractivity contribution in [1.29, 1.82) is 0 Å². The molecule has 20 heavy (non-hydrogen) atoms. The fraction of sp³-hybridized carbons (Fsp3) is 0.533. The maximum absolute atomic E-state index is 12.1. The van der Waals surface area contributed by atoms with Crippen LogP contribution in [0.15, 0.2) is 24.3 Å². The van der Waals surface area contributed by atoms with Gasteiger partial charge in [0.1, 0.15) is 5.75 Å². The molecule has 2 unspecified atom stereocenters. The fourth-order valence-corrected chi connectivity index (χ4v) is 2.17. The second kappa shape index (κ2) is 7.26. The van der Waals surface area contributed by atoms with Gasteiger partial charge in [0.05, 0.1) is 18.8 Å². The highest BCUT2D eigenvalue weighted by atomic mass is 16.5. The normalized spacial score (nSPS) is 21.7. The van der Waals surface area contributed by atoms with Crippen LogP contribution in [0, 0.1) is 0 Å². The first-order valence-corrected chi connectivity index (χ1v) is 7.02. The van der Waals surface area contributed by atoms with Crippen molar-refractivity contribution in [2.24, 2.45) is 0 Å². The molecule has 0 radical (unpaired) electrons. The molecule has 0 aliphatic carbocycles. The minimum atomic E-state index is -0.184. The third kappa shape index (κ3) is 3.95. The third-order valence-corrected chi connectivity index (χ3v) is 3.34. The molecule has 2 N–H and O–H groups in total. The van der Waals surface area contributed by atoms with Gasteiger partial charge in [-0.15, -0.1) is 0 Å². The summed E-state index contributed by atoms with van der Waals surface area (Å²) >= 11 is 0. The van der Waals surface area contributed by atoms with Crippen molar-refractivity contribution in [2.45, 2.75) is 31.9 Å². The van der Waals surface area contributed by atoms with Gasteiger partial charge in [-0.2, -0.15) is 0 Å². The summed E-state index contributed by atoms with van der Waals surface area (Å²) in [6.45, 7) is 3.49. The monoisotopic (exact) mass is 278 g/mol. The van der Waals surface area contributed by atoms with E-state index < -0.39 is 0 Å². The Balaban J connectivity index is 1.85. The third-order valence-electron chi connectivity index (χ3n) is 3.34. The van der Waals surface area contributed by atoms with Gasteiger partial charge in [0.15, 0.2) is 0 Å². The Bertz CT molecular complexity index is 433. The van der Waals surface area contributed by atoms with Crippen molar-refractivity contribution in [3.05, 3.63) is 24.3 Å². The minimum Gasteiger partial charge on any atom is -0.494 e. The molecule has 1 aliphatic heterocycles. The van der Waals surface area contributed by atoms with Gasteiger partial charge in [0.25, 0.3) is 0 Å². The molecule has 5 nitrogen and oxygen atoms in total. The highest BCUT2D eigenvalue weighted by Crippen LogP contribution is 2.17. The number of amides is 1. The number of rotatable bonds is 6. The lowest BCUT2D eigenvalue weighted by atomic mass is 10.2. The lowest BCUT2D eigenvalue weighted by Gasteiger charge is -2.12. The van der Waals surface area contributed by atoms with Crippen molar-refractivity contribution in [3.63, 3.8) is 0 Å². The topological polar surface area (TPSA) is 59.6 Å². The second-order valence-corrected chi connectivity index (χ2v) is 4.92. The lowest BCUT2D eigenvalue weighted by molar-refractivity contribution is -0.118. The molecule has 1 saturated heterocycles. The maximum Gasteiger partial charge on any atom is 0.241 e.